The summed E-state index contributed by atoms with van der Waals surface area (Å²) < 4.78 is 23.8. The maximum Gasteiger partial charge on any atom is 0.238 e. The minimum absolute atomic E-state index is 0.113. The zero-order chi connectivity index (χ0) is 13.3. The number of pyridine rings is 1. The molecule has 18 heavy (non-hydrogen) atoms. The van der Waals surface area contributed by atoms with Crippen molar-refractivity contribution in [2.24, 2.45) is 0 Å². The highest BCUT2D eigenvalue weighted by Gasteiger charge is 2.12. The summed E-state index contributed by atoms with van der Waals surface area (Å²) in [6.45, 7) is 1.62. The summed E-state index contributed by atoms with van der Waals surface area (Å²) in [7, 11) is -3.12. The van der Waals surface area contributed by atoms with E-state index in [1.165, 1.54) is 16.7 Å². The van der Waals surface area contributed by atoms with Gasteiger partial charge in [-0.1, -0.05) is 18.2 Å². The van der Waals surface area contributed by atoms with E-state index in [0.29, 0.717) is 0 Å². The molecule has 0 spiro atoms. The monoisotopic (exact) mass is 264 g/mol. The highest BCUT2D eigenvalue weighted by atomic mass is 32.2. The molecule has 0 fully saturated rings. The molecular weight excluding hydrogens is 248 g/mol. The van der Waals surface area contributed by atoms with Crippen molar-refractivity contribution in [3.8, 4) is 0 Å². The molecule has 2 rings (SSSR count). The van der Waals surface area contributed by atoms with Crippen LogP contribution in [0.3, 0.4) is 0 Å². The van der Waals surface area contributed by atoms with Gasteiger partial charge in [0.25, 0.3) is 0 Å². The van der Waals surface area contributed by atoms with Crippen molar-refractivity contribution in [1.82, 2.24) is 9.29 Å². The van der Waals surface area contributed by atoms with Crippen LogP contribution in [0.15, 0.2) is 67.3 Å². The third kappa shape index (κ3) is 4.97. The van der Waals surface area contributed by atoms with Crippen molar-refractivity contribution >= 4 is 10.0 Å². The van der Waals surface area contributed by atoms with Crippen molar-refractivity contribution < 1.29 is 8.42 Å². The normalized spacial score (nSPS) is 13.7. The van der Waals surface area contributed by atoms with Crippen molar-refractivity contribution in [2.45, 2.75) is 6.92 Å². The molecule has 1 aromatic rings. The molecule has 0 unspecified atom stereocenters. The first-order valence-corrected chi connectivity index (χ1v) is 7.15. The Kier molecular flexibility index (Phi) is 5.87. The topological polar surface area (TPSA) is 50.3 Å². The standard InChI is InChI=1S/C8H11NO2S.C5H5N/c1-2-12(10,11)9-7-5-3-4-6-8-9;1-2-4-6-5-3-1/h3-8H,2H2,1H3;1-5H. The lowest BCUT2D eigenvalue weighted by atomic mass is 10.5. The van der Waals surface area contributed by atoms with E-state index >= 15 is 0 Å². The van der Waals surface area contributed by atoms with Gasteiger partial charge < -0.3 is 0 Å². The first-order chi connectivity index (χ1) is 8.67. The van der Waals surface area contributed by atoms with Gasteiger partial charge in [0, 0.05) is 24.8 Å². The van der Waals surface area contributed by atoms with Gasteiger partial charge in [-0.05, 0) is 31.2 Å². The third-order valence-corrected chi connectivity index (χ3v) is 3.67. The van der Waals surface area contributed by atoms with Crippen LogP contribution in [0.4, 0.5) is 0 Å². The number of hydrogen-bond donors (Lipinski definition) is 0. The van der Waals surface area contributed by atoms with E-state index in [1.54, 1.807) is 43.6 Å². The zero-order valence-corrected chi connectivity index (χ0v) is 11.0. The van der Waals surface area contributed by atoms with Gasteiger partial charge in [0.1, 0.15) is 0 Å². The van der Waals surface area contributed by atoms with Crippen molar-refractivity contribution in [2.75, 3.05) is 5.75 Å². The summed E-state index contributed by atoms with van der Waals surface area (Å²) in [5, 5.41) is 0. The van der Waals surface area contributed by atoms with E-state index in [2.05, 4.69) is 4.98 Å². The number of nitrogens with zero attached hydrogens (tertiary/aromatic N) is 2. The Bertz CT molecular complexity index is 476. The van der Waals surface area contributed by atoms with Crippen LogP contribution in [0.25, 0.3) is 0 Å². The fourth-order valence-corrected chi connectivity index (χ4v) is 1.90. The van der Waals surface area contributed by atoms with Crippen LogP contribution in [-0.4, -0.2) is 23.5 Å². The van der Waals surface area contributed by atoms with E-state index in [4.69, 9.17) is 0 Å². The highest BCUT2D eigenvalue weighted by molar-refractivity contribution is 7.89. The smallest absolute Gasteiger partial charge is 0.238 e. The molecule has 0 N–H and O–H groups in total. The molecule has 2 heterocycles. The Morgan fingerprint density at radius 1 is 0.944 bits per heavy atom. The summed E-state index contributed by atoms with van der Waals surface area (Å²) in [5.74, 6) is 0.113. The summed E-state index contributed by atoms with van der Waals surface area (Å²) >= 11 is 0. The Labute approximate surface area is 108 Å². The molecule has 0 amide bonds. The largest absolute Gasteiger partial charge is 0.265 e. The first kappa shape index (κ1) is 14.2. The molecule has 0 bridgehead atoms. The van der Waals surface area contributed by atoms with Crippen molar-refractivity contribution in [1.29, 1.82) is 0 Å². The van der Waals surface area contributed by atoms with Gasteiger partial charge in [-0.25, -0.2) is 8.42 Å². The molecule has 1 aliphatic heterocycles. The van der Waals surface area contributed by atoms with Crippen LogP contribution in [-0.2, 0) is 10.0 Å². The lowest BCUT2D eigenvalue weighted by molar-refractivity contribution is 0.554. The molecule has 5 heteroatoms. The quantitative estimate of drug-likeness (QED) is 0.823. The van der Waals surface area contributed by atoms with Crippen LogP contribution < -0.4 is 0 Å². The van der Waals surface area contributed by atoms with Gasteiger partial charge in [-0.2, -0.15) is 0 Å². The number of rotatable bonds is 2. The predicted molar refractivity (Wildman–Crippen MR) is 73.0 cm³/mol. The molecule has 0 saturated carbocycles. The molecule has 0 saturated heterocycles. The highest BCUT2D eigenvalue weighted by Crippen LogP contribution is 2.05. The number of aromatic nitrogens is 1. The zero-order valence-electron chi connectivity index (χ0n) is 10.2. The van der Waals surface area contributed by atoms with Gasteiger partial charge >= 0.3 is 0 Å². The second kappa shape index (κ2) is 7.45. The summed E-state index contributed by atoms with van der Waals surface area (Å²) in [5.41, 5.74) is 0. The second-order valence-electron chi connectivity index (χ2n) is 3.32. The molecule has 0 aromatic carbocycles. The molecule has 0 atom stereocenters. The Morgan fingerprint density at radius 2 is 1.50 bits per heavy atom. The van der Waals surface area contributed by atoms with Crippen LogP contribution >= 0.6 is 0 Å². The van der Waals surface area contributed by atoms with E-state index in [9.17, 15) is 8.42 Å². The van der Waals surface area contributed by atoms with Crippen LogP contribution in [0.1, 0.15) is 6.92 Å². The van der Waals surface area contributed by atoms with Gasteiger partial charge in [-0.3, -0.25) is 9.29 Å². The summed E-state index contributed by atoms with van der Waals surface area (Å²) in [6.07, 6.45) is 13.5. The number of hydrogen-bond acceptors (Lipinski definition) is 3. The van der Waals surface area contributed by atoms with E-state index in [0.717, 1.165) is 0 Å². The minimum Gasteiger partial charge on any atom is -0.265 e. The Hall–Kier alpha value is -1.88. The Balaban J connectivity index is 0.000000225. The van der Waals surface area contributed by atoms with E-state index < -0.39 is 10.0 Å². The summed E-state index contributed by atoms with van der Waals surface area (Å²) in [4.78, 5) is 3.78. The molecule has 1 aliphatic rings. The molecule has 0 radical (unpaired) electrons. The van der Waals surface area contributed by atoms with E-state index in [-0.39, 0.29) is 5.75 Å². The predicted octanol–water partition coefficient (Wildman–Crippen LogP) is 2.32. The van der Waals surface area contributed by atoms with Crippen LogP contribution in [0, 0.1) is 0 Å². The average Bonchev–Trinajstić information content (AvgIpc) is 2.71. The molecule has 1 aromatic heterocycles. The fraction of sp³-hybridized carbons (Fsp3) is 0.154. The number of sulfonamides is 1. The van der Waals surface area contributed by atoms with E-state index in [1.807, 2.05) is 18.2 Å². The van der Waals surface area contributed by atoms with Gasteiger partial charge in [-0.15, -0.1) is 0 Å². The molecule has 0 aliphatic carbocycles. The fourth-order valence-electron chi connectivity index (χ4n) is 1.09. The number of allylic oxidation sites excluding steroid dienone is 4. The average molecular weight is 264 g/mol. The maximum absolute atomic E-state index is 11.3. The Morgan fingerprint density at radius 3 is 1.83 bits per heavy atom. The van der Waals surface area contributed by atoms with Gasteiger partial charge in [0.15, 0.2) is 0 Å². The second-order valence-corrected chi connectivity index (χ2v) is 5.49. The van der Waals surface area contributed by atoms with Crippen LogP contribution in [0.5, 0.6) is 0 Å². The van der Waals surface area contributed by atoms with Crippen molar-refractivity contribution in [3.63, 3.8) is 0 Å². The van der Waals surface area contributed by atoms with Crippen LogP contribution in [0.2, 0.25) is 0 Å². The molecular formula is C13H16N2O2S. The lowest BCUT2D eigenvalue weighted by Crippen LogP contribution is -2.21. The summed E-state index contributed by atoms with van der Waals surface area (Å²) in [6, 6.07) is 5.72. The lowest BCUT2D eigenvalue weighted by Gasteiger charge is -2.12. The van der Waals surface area contributed by atoms with Crippen molar-refractivity contribution in [3.05, 3.63) is 67.3 Å². The third-order valence-electron chi connectivity index (χ3n) is 2.05. The SMILES string of the molecule is CCS(=O)(=O)N1C=CC=CC=C1.c1ccncc1. The minimum atomic E-state index is -3.12. The maximum atomic E-state index is 11.3. The van der Waals surface area contributed by atoms with Gasteiger partial charge in [0.05, 0.1) is 5.75 Å². The molecule has 96 valence electrons. The molecule has 4 nitrogen and oxygen atoms in total. The van der Waals surface area contributed by atoms with Gasteiger partial charge in [0.2, 0.25) is 10.0 Å². The first-order valence-electron chi connectivity index (χ1n) is 5.54.